The molecule has 1 aromatic rings. The second-order valence-electron chi connectivity index (χ2n) is 5.44. The Morgan fingerprint density at radius 1 is 1.25 bits per heavy atom. The van der Waals surface area contributed by atoms with Crippen molar-refractivity contribution in [3.8, 4) is 0 Å². The minimum atomic E-state index is -4.66. The Kier molecular flexibility index (Phi) is 3.86. The van der Waals surface area contributed by atoms with Gasteiger partial charge in [-0.05, 0) is 26.3 Å². The van der Waals surface area contributed by atoms with Gasteiger partial charge in [0.15, 0.2) is 0 Å². The molecule has 0 aromatic heterocycles. The van der Waals surface area contributed by atoms with Crippen LogP contribution in [0.2, 0.25) is 0 Å². The van der Waals surface area contributed by atoms with Crippen LogP contribution in [-0.4, -0.2) is 31.0 Å². The van der Waals surface area contributed by atoms with Gasteiger partial charge in [0, 0.05) is 13.0 Å². The SMILES string of the molecule is Cc1cc(C)cc(C(C)N2CC(S(=O)(=O)F)CC2=O)c1. The lowest BCUT2D eigenvalue weighted by atomic mass is 10.0. The fraction of sp³-hybridized carbons (Fsp3) is 0.500. The first kappa shape index (κ1) is 15.0. The van der Waals surface area contributed by atoms with Crippen molar-refractivity contribution in [3.63, 3.8) is 0 Å². The van der Waals surface area contributed by atoms with Crippen LogP contribution in [-0.2, 0) is 15.0 Å². The number of likely N-dealkylation sites (tertiary alicyclic amines) is 1. The Labute approximate surface area is 118 Å². The molecule has 110 valence electrons. The summed E-state index contributed by atoms with van der Waals surface area (Å²) in [6, 6.07) is 5.69. The summed E-state index contributed by atoms with van der Waals surface area (Å²) in [5.74, 6) is -0.317. The summed E-state index contributed by atoms with van der Waals surface area (Å²) in [6.45, 7) is 5.68. The average Bonchev–Trinajstić information content (AvgIpc) is 2.69. The van der Waals surface area contributed by atoms with Crippen molar-refractivity contribution in [2.24, 2.45) is 0 Å². The van der Waals surface area contributed by atoms with Gasteiger partial charge >= 0.3 is 10.2 Å². The number of hydrogen-bond acceptors (Lipinski definition) is 3. The van der Waals surface area contributed by atoms with Crippen LogP contribution in [0, 0.1) is 13.8 Å². The Balaban J connectivity index is 2.25. The van der Waals surface area contributed by atoms with Crippen molar-refractivity contribution in [1.29, 1.82) is 0 Å². The zero-order valence-electron chi connectivity index (χ0n) is 11.8. The molecule has 20 heavy (non-hydrogen) atoms. The van der Waals surface area contributed by atoms with Gasteiger partial charge in [-0.3, -0.25) is 4.79 Å². The molecule has 1 heterocycles. The lowest BCUT2D eigenvalue weighted by molar-refractivity contribution is -0.129. The van der Waals surface area contributed by atoms with Crippen LogP contribution in [0.4, 0.5) is 3.89 Å². The predicted molar refractivity (Wildman–Crippen MR) is 74.5 cm³/mol. The smallest absolute Gasteiger partial charge is 0.307 e. The Bertz CT molecular complexity index is 622. The third kappa shape index (κ3) is 3.00. The fourth-order valence-corrected chi connectivity index (χ4v) is 3.37. The molecule has 4 nitrogen and oxygen atoms in total. The Morgan fingerprint density at radius 3 is 2.25 bits per heavy atom. The van der Waals surface area contributed by atoms with Gasteiger partial charge in [0.25, 0.3) is 0 Å². The number of benzene rings is 1. The van der Waals surface area contributed by atoms with Crippen molar-refractivity contribution < 1.29 is 17.1 Å². The van der Waals surface area contributed by atoms with Crippen LogP contribution in [0.3, 0.4) is 0 Å². The summed E-state index contributed by atoms with van der Waals surface area (Å²) in [6.07, 6.45) is -0.270. The molecular formula is C14H18FNO3S. The van der Waals surface area contributed by atoms with Gasteiger partial charge in [-0.15, -0.1) is 3.89 Å². The molecule has 1 amide bonds. The normalized spacial score (nSPS) is 21.3. The molecule has 0 saturated carbocycles. The summed E-state index contributed by atoms with van der Waals surface area (Å²) < 4.78 is 34.9. The molecule has 0 radical (unpaired) electrons. The van der Waals surface area contributed by atoms with Crippen molar-refractivity contribution in [1.82, 2.24) is 4.90 Å². The maximum atomic E-state index is 13.0. The van der Waals surface area contributed by atoms with Gasteiger partial charge in [0.05, 0.1) is 6.04 Å². The van der Waals surface area contributed by atoms with E-state index >= 15 is 0 Å². The lowest BCUT2D eigenvalue weighted by Crippen LogP contribution is -2.30. The van der Waals surface area contributed by atoms with Crippen LogP contribution < -0.4 is 0 Å². The van der Waals surface area contributed by atoms with E-state index in [-0.39, 0.29) is 24.9 Å². The summed E-state index contributed by atoms with van der Waals surface area (Å²) in [4.78, 5) is 13.4. The molecule has 2 unspecified atom stereocenters. The maximum absolute atomic E-state index is 13.0. The van der Waals surface area contributed by atoms with Crippen molar-refractivity contribution in [3.05, 3.63) is 34.9 Å². The highest BCUT2D eigenvalue weighted by atomic mass is 32.3. The number of hydrogen-bond donors (Lipinski definition) is 0. The molecule has 6 heteroatoms. The summed E-state index contributed by atoms with van der Waals surface area (Å²) in [5, 5.41) is -1.23. The molecule has 0 N–H and O–H groups in total. The van der Waals surface area contributed by atoms with Crippen LogP contribution in [0.25, 0.3) is 0 Å². The van der Waals surface area contributed by atoms with Crippen molar-refractivity contribution in [2.75, 3.05) is 6.54 Å². The maximum Gasteiger partial charge on any atom is 0.307 e. The van der Waals surface area contributed by atoms with Crippen LogP contribution in [0.1, 0.15) is 36.1 Å². The van der Waals surface area contributed by atoms with E-state index < -0.39 is 15.5 Å². The largest absolute Gasteiger partial charge is 0.334 e. The van der Waals surface area contributed by atoms with E-state index in [0.29, 0.717) is 0 Å². The number of halogens is 1. The standard InChI is InChI=1S/C14H18FNO3S/c1-9-4-10(2)6-12(5-9)11(3)16-8-13(7-14(16)17)20(15,18)19/h4-6,11,13H,7-8H2,1-3H3. The van der Waals surface area contributed by atoms with Crippen LogP contribution in [0.5, 0.6) is 0 Å². The second-order valence-corrected chi connectivity index (χ2v) is 7.06. The van der Waals surface area contributed by atoms with Gasteiger partial charge in [0.1, 0.15) is 5.25 Å². The molecule has 1 aromatic carbocycles. The number of carbonyl (C=O) groups excluding carboxylic acids is 1. The summed E-state index contributed by atoms with van der Waals surface area (Å²) in [7, 11) is -4.66. The third-order valence-corrected chi connectivity index (χ3v) is 4.83. The first-order chi connectivity index (χ1) is 9.18. The van der Waals surface area contributed by atoms with E-state index in [0.717, 1.165) is 16.7 Å². The molecule has 0 aliphatic carbocycles. The molecule has 0 spiro atoms. The highest BCUT2D eigenvalue weighted by Gasteiger charge is 2.40. The van der Waals surface area contributed by atoms with Gasteiger partial charge < -0.3 is 4.90 Å². The Hall–Kier alpha value is -1.43. The average molecular weight is 299 g/mol. The molecule has 0 bridgehead atoms. The molecular weight excluding hydrogens is 281 g/mol. The molecule has 1 saturated heterocycles. The van der Waals surface area contributed by atoms with E-state index in [9.17, 15) is 17.1 Å². The second kappa shape index (κ2) is 5.16. The van der Waals surface area contributed by atoms with Crippen molar-refractivity contribution >= 4 is 16.1 Å². The van der Waals surface area contributed by atoms with E-state index in [4.69, 9.17) is 0 Å². The zero-order valence-corrected chi connectivity index (χ0v) is 12.6. The number of rotatable bonds is 3. The molecule has 2 rings (SSSR count). The summed E-state index contributed by atoms with van der Waals surface area (Å²) >= 11 is 0. The molecule has 2 atom stereocenters. The lowest BCUT2D eigenvalue weighted by Gasteiger charge is -2.25. The fourth-order valence-electron chi connectivity index (χ4n) is 2.69. The van der Waals surface area contributed by atoms with Crippen LogP contribution in [0.15, 0.2) is 18.2 Å². The first-order valence-corrected chi connectivity index (χ1v) is 7.94. The first-order valence-electron chi connectivity index (χ1n) is 6.49. The topological polar surface area (TPSA) is 54.5 Å². The summed E-state index contributed by atoms with van der Waals surface area (Å²) in [5.41, 5.74) is 3.09. The quantitative estimate of drug-likeness (QED) is 0.805. The van der Waals surface area contributed by atoms with Crippen LogP contribution >= 0.6 is 0 Å². The van der Waals surface area contributed by atoms with E-state index in [1.165, 1.54) is 4.90 Å². The molecule has 1 aliphatic rings. The van der Waals surface area contributed by atoms with Gasteiger partial charge in [0.2, 0.25) is 5.91 Å². The predicted octanol–water partition coefficient (Wildman–Crippen LogP) is 2.26. The van der Waals surface area contributed by atoms with E-state index in [1.54, 1.807) is 0 Å². The Morgan fingerprint density at radius 2 is 1.80 bits per heavy atom. The van der Waals surface area contributed by atoms with Crippen molar-refractivity contribution in [2.45, 2.75) is 38.5 Å². The highest BCUT2D eigenvalue weighted by Crippen LogP contribution is 2.29. The molecule has 1 aliphatic heterocycles. The van der Waals surface area contributed by atoms with Gasteiger partial charge in [-0.25, -0.2) is 0 Å². The number of nitrogens with zero attached hydrogens (tertiary/aromatic N) is 1. The zero-order chi connectivity index (χ0) is 15.1. The number of aryl methyl sites for hydroxylation is 2. The monoisotopic (exact) mass is 299 g/mol. The highest BCUT2D eigenvalue weighted by molar-refractivity contribution is 7.87. The van der Waals surface area contributed by atoms with Gasteiger partial charge in [-0.1, -0.05) is 29.3 Å². The third-order valence-electron chi connectivity index (χ3n) is 3.72. The minimum absolute atomic E-state index is 0.0776. The van der Waals surface area contributed by atoms with E-state index in [1.807, 2.05) is 39.0 Å². The van der Waals surface area contributed by atoms with Gasteiger partial charge in [-0.2, -0.15) is 8.42 Å². The number of carbonyl (C=O) groups is 1. The number of amides is 1. The molecule has 1 fully saturated rings. The van der Waals surface area contributed by atoms with E-state index in [2.05, 4.69) is 0 Å². The minimum Gasteiger partial charge on any atom is -0.334 e.